The van der Waals surface area contributed by atoms with Crippen LogP contribution >= 0.6 is 0 Å². The first-order valence-corrected chi connectivity index (χ1v) is 43.6. The van der Waals surface area contributed by atoms with Crippen molar-refractivity contribution in [1.82, 2.24) is 73.9 Å². The number of fused-ring (bicyclic) bond motifs is 25. The van der Waals surface area contributed by atoms with Crippen LogP contribution in [0.15, 0.2) is 212 Å². The highest BCUT2D eigenvalue weighted by Gasteiger charge is 2.55. The Hall–Kier alpha value is -17.4. The number of H-pyrrole nitrogens is 5. The Morgan fingerprint density at radius 1 is 0.290 bits per heavy atom. The van der Waals surface area contributed by atoms with E-state index in [1.54, 1.807) is 84.9 Å². The highest BCUT2D eigenvalue weighted by atomic mass is 16.7. The summed E-state index contributed by atoms with van der Waals surface area (Å²) in [6, 6.07) is -13.8. The summed E-state index contributed by atoms with van der Waals surface area (Å²) < 4.78 is 500. The number of aromatic nitrogens is 5. The third kappa shape index (κ3) is 14.2. The van der Waals surface area contributed by atoms with E-state index in [1.165, 1.54) is 6.07 Å². The molecule has 10 aromatic carbocycles. The first-order chi connectivity index (χ1) is 91.6. The van der Waals surface area contributed by atoms with Crippen molar-refractivity contribution in [1.29, 1.82) is 0 Å². The molecular weight excluding hydrogens is 1850 g/mol. The Kier molecular flexibility index (Phi) is 11.3. The zero-order chi connectivity index (χ0) is 145. The number of ether oxygens (including phenoxy) is 10. The molecule has 730 valence electrons. The predicted molar refractivity (Wildman–Crippen MR) is 523 cm³/mol. The van der Waals surface area contributed by atoms with E-state index in [9.17, 15) is 54.8 Å². The molecule has 5 aromatic heterocycles. The van der Waals surface area contributed by atoms with Crippen molar-refractivity contribution in [2.75, 3.05) is 101 Å². The van der Waals surface area contributed by atoms with Gasteiger partial charge in [0.2, 0.25) is 92.9 Å². The van der Waals surface area contributed by atoms with Gasteiger partial charge in [0, 0.05) is 180 Å². The van der Waals surface area contributed by atoms with Gasteiger partial charge in [-0.25, -0.2) is 0 Å². The Morgan fingerprint density at radius 2 is 0.572 bits per heavy atom. The zero-order valence-corrected chi connectivity index (χ0v) is 73.6. The normalized spacial score (nSPS) is 33.7. The topological polar surface area (TPSA) is 374 Å². The summed E-state index contributed by atoms with van der Waals surface area (Å²) in [7, 11) is 1.07. The number of benzene rings is 10. The molecular formula is C110H95N15O20. The van der Waals surface area contributed by atoms with E-state index < -0.39 is 426 Å². The zero-order valence-electron chi connectivity index (χ0n) is 127. The van der Waals surface area contributed by atoms with E-state index in [-0.39, 0.29) is 118 Å². The van der Waals surface area contributed by atoms with E-state index in [1.807, 2.05) is 0 Å². The number of hydrogen-bond donors (Lipinski definition) is 5. The molecule has 0 spiro atoms. The maximum Gasteiger partial charge on any atom is 0.245 e. The van der Waals surface area contributed by atoms with Crippen molar-refractivity contribution >= 4 is 114 Å². The second-order valence-corrected chi connectivity index (χ2v) is 33.6. The van der Waals surface area contributed by atoms with Crippen LogP contribution in [0.25, 0.3) is 54.5 Å². The van der Waals surface area contributed by atoms with Crippen LogP contribution in [0, 0.1) is 0 Å². The fourth-order valence-electron chi connectivity index (χ4n) is 19.1. The molecule has 145 heavy (non-hydrogen) atoms. The maximum absolute atomic E-state index is 13.9. The van der Waals surface area contributed by atoms with Crippen molar-refractivity contribution in [2.24, 2.45) is 0 Å². The second kappa shape index (κ2) is 33.9. The number of amides is 10. The van der Waals surface area contributed by atoms with Crippen LogP contribution in [0.2, 0.25) is 0 Å². The maximum atomic E-state index is 13.9. The summed E-state index contributed by atoms with van der Waals surface area (Å²) in [6.45, 7) is -26.3. The van der Waals surface area contributed by atoms with Gasteiger partial charge >= 0.3 is 0 Å². The van der Waals surface area contributed by atoms with E-state index in [0.717, 1.165) is 11.9 Å². The molecule has 10 amide bonds. The number of nitrogens with one attached hydrogen (secondary N) is 5. The molecule has 0 saturated carbocycles. The number of aromatic amines is 5. The SMILES string of the molecule is [2H]C1([2H])C(=O)N2C(c3ccc4c(c3)OCO4)c3[nH]c4ccccc4c3C([2H])([2H])[C@]2([2H])C(=O)N1C.[2H]c1c([2H])c(C2c3[nH]c4c([2H])c([2H])c([2H])c([2H])c4c3C([2H])([2H])[C@]3([2H])C(=O)N(C([2H])([2H])[2H])CC(=O)N23)c([2H])c2c1OC([2H])([2H])O2.[2H]c1c([2H])c(C2c3[nH]c4c([2H])c([2H])c([2H])c([2H])c4c3C([2H])([2H])[C@]3([2H])C(=O)N(C([2H])([2H])[2H])CC(=O)N23)c([2H])c2c1OCO2.[2H]c1c([2H])c(C2c3[nH]c4ccccc4c3C([2H])([2H])[C@]3([2H])C(=O)N(C([2H])([2H])[2H])CC(=O)N23)c([2H])c2c1OC([2H])([2H])O2.[2H]c1c([2H])c(C2c3[nH]c4ccccc4c3C([2H])([2H])[C@]3([2H])C(=O)N(C([2H])([2H])[2H])CC(=O)N23)c([2H])c2c1OCO2. The summed E-state index contributed by atoms with van der Waals surface area (Å²) in [4.78, 5) is 155. The Balaban J connectivity index is 0.000000117. The predicted octanol–water partition coefficient (Wildman–Crippen LogP) is 11.1. The summed E-state index contributed by atoms with van der Waals surface area (Å²) in [5.41, 5.74) is -3.38. The minimum atomic E-state index is -3.49. The molecule has 0 radical (unpaired) electrons. The van der Waals surface area contributed by atoms with Gasteiger partial charge in [-0.2, -0.15) is 0 Å². The van der Waals surface area contributed by atoms with Crippen molar-refractivity contribution in [3.8, 4) is 57.5 Å². The standard InChI is InChI=1S/5C22H19N3O4/c5*1-24-10-19(26)25-16(22(24)27)9-14-13-4-2-3-5-15(13)23-20(14)21(25)12-6-7-17-18(8-12)29-11-28-17/h5*2-8,16,21,23H,9-11H2,1H3/t5*16-,21?/m11111/s1/i1D3,2D,3D,4D,5D,6D,7D,8D,9D2,11D2,16D;1D3,2D,3D,4D,5D,6D,7D,8D,9D2,16D;1D3,6D,7D,8D,9D2,11D2,16D;1D3,6D,7D,8D,9D2,16D;9D2,10D2,16D. The lowest BCUT2D eigenvalue weighted by molar-refractivity contribution is -0.157. The highest BCUT2D eigenvalue weighted by molar-refractivity contribution is 6.03. The third-order valence-electron chi connectivity index (χ3n) is 25.5. The van der Waals surface area contributed by atoms with E-state index in [0.29, 0.717) is 63.5 Å². The van der Waals surface area contributed by atoms with Gasteiger partial charge in [-0.15, -0.1) is 0 Å². The van der Waals surface area contributed by atoms with Gasteiger partial charge in [-0.1, -0.05) is 121 Å². The molecule has 30 rings (SSSR count). The molecule has 15 aliphatic heterocycles. The Morgan fingerprint density at radius 3 is 0.938 bits per heavy atom. The van der Waals surface area contributed by atoms with Gasteiger partial charge in [-0.05, 0) is 146 Å². The summed E-state index contributed by atoms with van der Waals surface area (Å²) in [5.74, 6) is -15.8. The average molecular weight is 2000 g/mol. The number of para-hydroxylation sites is 5. The van der Waals surface area contributed by atoms with Crippen molar-refractivity contribution in [3.63, 3.8) is 0 Å². The fourth-order valence-corrected chi connectivity index (χ4v) is 19.1. The minimum absolute atomic E-state index is 0.00261. The minimum Gasteiger partial charge on any atom is -0.454 e. The van der Waals surface area contributed by atoms with Crippen LogP contribution < -0.4 is 47.4 Å². The first kappa shape index (κ1) is 48.4. The second-order valence-electron chi connectivity index (χ2n) is 33.6. The van der Waals surface area contributed by atoms with Gasteiger partial charge in [0.05, 0.1) is 99.9 Å². The molecule has 10 atom stereocenters. The number of carbonyl (C=O) groups is 10. The van der Waals surface area contributed by atoms with Gasteiger partial charge in [-0.3, -0.25) is 47.9 Å². The molecule has 5 saturated heterocycles. The monoisotopic (exact) mass is 2000 g/mol. The lowest BCUT2D eigenvalue weighted by atomic mass is 9.86. The lowest BCUT2D eigenvalue weighted by Gasteiger charge is -2.46. The van der Waals surface area contributed by atoms with E-state index in [4.69, 9.17) is 113 Å². The van der Waals surface area contributed by atoms with Crippen LogP contribution in [0.4, 0.5) is 0 Å². The number of carbonyl (C=O) groups excluding carboxylic acids is 10. The quantitative estimate of drug-likeness (QED) is 0.107. The molecule has 5 N–H and O–H groups in total. The van der Waals surface area contributed by atoms with Gasteiger partial charge in [0.1, 0.15) is 35.6 Å². The summed E-state index contributed by atoms with van der Waals surface area (Å²) in [6.07, 6.45) is -15.3. The van der Waals surface area contributed by atoms with Crippen LogP contribution in [-0.2, 0) is 79.8 Å². The molecule has 5 unspecified atom stereocenters. The first-order valence-electron chi connectivity index (χ1n) is 70.1. The fraction of sp³-hybridized carbons (Fsp3) is 0.273. The number of piperazine rings is 5. The molecule has 15 aliphatic rings. The highest BCUT2D eigenvalue weighted by Crippen LogP contribution is 2.53. The lowest BCUT2D eigenvalue weighted by Crippen LogP contribution is -2.62. The molecule has 0 bridgehead atoms. The van der Waals surface area contributed by atoms with Crippen LogP contribution in [0.3, 0.4) is 0 Å². The van der Waals surface area contributed by atoms with Crippen LogP contribution in [-0.4, -0.2) is 265 Å². The summed E-state index contributed by atoms with van der Waals surface area (Å²) >= 11 is 0. The van der Waals surface area contributed by atoms with Crippen molar-refractivity contribution < 1.29 is 168 Å². The largest absolute Gasteiger partial charge is 0.454 e. The van der Waals surface area contributed by atoms with Crippen molar-refractivity contribution in [3.05, 3.63) is 296 Å². The van der Waals surface area contributed by atoms with Gasteiger partial charge in [0.25, 0.3) is 0 Å². The summed E-state index contributed by atoms with van der Waals surface area (Å²) in [5, 5.41) is -0.0181. The van der Waals surface area contributed by atoms with Crippen LogP contribution in [0.1, 0.15) is 187 Å². The van der Waals surface area contributed by atoms with Gasteiger partial charge in [0.15, 0.2) is 57.5 Å². The van der Waals surface area contributed by atoms with E-state index >= 15 is 0 Å². The van der Waals surface area contributed by atoms with E-state index in [2.05, 4.69) is 24.9 Å². The molecule has 35 heteroatoms. The van der Waals surface area contributed by atoms with Crippen molar-refractivity contribution in [2.45, 2.75) is 92.2 Å². The number of rotatable bonds is 5. The number of likely N-dealkylation sites (N-methyl/N-ethyl adjacent to an activating group) is 5. The smallest absolute Gasteiger partial charge is 0.245 e. The number of nitrogens with zero attached hydrogens (tertiary/aromatic N) is 10. The Bertz CT molecular complexity index is 11100. The Labute approximate surface area is 901 Å². The van der Waals surface area contributed by atoms with Crippen LogP contribution in [0.5, 0.6) is 57.5 Å². The molecule has 20 heterocycles. The molecule has 15 aromatic rings. The van der Waals surface area contributed by atoms with Gasteiger partial charge < -0.3 is 121 Å². The third-order valence-corrected chi connectivity index (χ3v) is 25.5. The average Bonchev–Trinajstić information content (AvgIpc) is 1.49. The molecule has 35 nitrogen and oxygen atoms in total. The molecule has 5 fully saturated rings. The number of hydrogen-bond acceptors (Lipinski definition) is 20. The molecule has 0 aliphatic carbocycles.